The zero-order valence-corrected chi connectivity index (χ0v) is 24.6. The van der Waals surface area contributed by atoms with Gasteiger partial charge in [-0.25, -0.2) is 4.79 Å². The number of amides is 1. The van der Waals surface area contributed by atoms with Gasteiger partial charge in [-0.2, -0.15) is 0 Å². The van der Waals surface area contributed by atoms with Crippen LogP contribution in [0.2, 0.25) is 0 Å². The van der Waals surface area contributed by atoms with Crippen molar-refractivity contribution in [3.05, 3.63) is 35.9 Å². The van der Waals surface area contributed by atoms with E-state index in [9.17, 15) is 33.6 Å². The molecule has 1 aromatic carbocycles. The predicted molar refractivity (Wildman–Crippen MR) is 142 cm³/mol. The van der Waals surface area contributed by atoms with Gasteiger partial charge in [0.25, 0.3) is 5.91 Å². The summed E-state index contributed by atoms with van der Waals surface area (Å²) in [7, 11) is 0. The molecule has 1 fully saturated rings. The maximum Gasteiger partial charge on any atom is 0.379 e. The van der Waals surface area contributed by atoms with Crippen molar-refractivity contribution in [2.24, 2.45) is 0 Å². The molecule has 1 saturated heterocycles. The van der Waals surface area contributed by atoms with Crippen LogP contribution in [0.5, 0.6) is 0 Å². The second-order valence-corrected chi connectivity index (χ2v) is 9.39. The molecule has 1 unspecified atom stereocenters. The van der Waals surface area contributed by atoms with Gasteiger partial charge in [-0.05, 0) is 19.1 Å². The number of carbonyl (C=O) groups excluding carboxylic acids is 7. The van der Waals surface area contributed by atoms with Crippen LogP contribution in [0.3, 0.4) is 0 Å². The third-order valence-electron chi connectivity index (χ3n) is 5.86. The minimum Gasteiger partial charge on any atom is -0.462 e. The van der Waals surface area contributed by atoms with Crippen LogP contribution < -0.4 is 5.32 Å². The molecule has 43 heavy (non-hydrogen) atoms. The Hall–Kier alpha value is -4.53. The fraction of sp³-hybridized carbons (Fsp3) is 0.536. The van der Waals surface area contributed by atoms with Crippen molar-refractivity contribution in [1.82, 2.24) is 5.32 Å². The molecule has 0 radical (unpaired) electrons. The van der Waals surface area contributed by atoms with E-state index in [0.717, 1.165) is 34.6 Å². The number of carbonyl (C=O) groups is 7. The predicted octanol–water partition coefficient (Wildman–Crippen LogP) is 0.755. The molecule has 1 amide bonds. The summed E-state index contributed by atoms with van der Waals surface area (Å²) >= 11 is 0. The summed E-state index contributed by atoms with van der Waals surface area (Å²) in [4.78, 5) is 87.1. The molecule has 0 bridgehead atoms. The van der Waals surface area contributed by atoms with Gasteiger partial charge in [0.1, 0.15) is 18.8 Å². The zero-order valence-electron chi connectivity index (χ0n) is 24.6. The topological polar surface area (TPSA) is 196 Å². The average Bonchev–Trinajstić information content (AvgIpc) is 2.90. The van der Waals surface area contributed by atoms with Crippen molar-refractivity contribution in [2.45, 2.75) is 84.2 Å². The first-order valence-electron chi connectivity index (χ1n) is 13.2. The summed E-state index contributed by atoms with van der Waals surface area (Å²) in [5, 5.41) is 2.66. The lowest BCUT2D eigenvalue weighted by molar-refractivity contribution is -0.304. The molecule has 1 aromatic rings. The molecule has 0 aliphatic carbocycles. The summed E-state index contributed by atoms with van der Waals surface area (Å²) in [6.45, 7) is 5.80. The number of nitrogens with one attached hydrogen (secondary N) is 1. The minimum absolute atomic E-state index is 0.172. The van der Waals surface area contributed by atoms with Gasteiger partial charge >= 0.3 is 41.6 Å². The van der Waals surface area contributed by atoms with Gasteiger partial charge in [-0.1, -0.05) is 18.2 Å². The molecule has 1 N–H and O–H groups in total. The SMILES string of the molecule is CCOC(=O)C1(OC(C)=O)C[C@H](OC(C)=O)[C@@H](NC(=O)c2ccccc2)[C@H]([C@H](OC(C)=O)[C@@H](COC(C)=O)OC(C)=O)O1. The molecule has 1 aliphatic heterocycles. The van der Waals surface area contributed by atoms with E-state index in [1.807, 2.05) is 0 Å². The number of esters is 6. The Kier molecular flexibility index (Phi) is 12.6. The van der Waals surface area contributed by atoms with E-state index >= 15 is 0 Å². The first-order valence-corrected chi connectivity index (χ1v) is 13.2. The van der Waals surface area contributed by atoms with Crippen molar-refractivity contribution < 1.29 is 66.7 Å². The summed E-state index contributed by atoms with van der Waals surface area (Å²) in [6.07, 6.45) is -7.21. The number of hydrogen-bond acceptors (Lipinski definition) is 14. The maximum atomic E-state index is 13.3. The van der Waals surface area contributed by atoms with Gasteiger partial charge in [-0.3, -0.25) is 28.8 Å². The van der Waals surface area contributed by atoms with E-state index in [2.05, 4.69) is 5.32 Å². The van der Waals surface area contributed by atoms with Crippen molar-refractivity contribution in [3.63, 3.8) is 0 Å². The van der Waals surface area contributed by atoms with Crippen LogP contribution in [-0.2, 0) is 61.9 Å². The van der Waals surface area contributed by atoms with E-state index < -0.39 is 91.0 Å². The third-order valence-corrected chi connectivity index (χ3v) is 5.86. The Bertz CT molecular complexity index is 1200. The lowest BCUT2D eigenvalue weighted by Gasteiger charge is -2.48. The van der Waals surface area contributed by atoms with Gasteiger partial charge < -0.3 is 38.5 Å². The Morgan fingerprint density at radius 1 is 0.860 bits per heavy atom. The van der Waals surface area contributed by atoms with Crippen LogP contribution >= 0.6 is 0 Å². The molecule has 0 aromatic heterocycles. The molecule has 1 aliphatic rings. The monoisotopic (exact) mass is 609 g/mol. The Morgan fingerprint density at radius 3 is 2.00 bits per heavy atom. The van der Waals surface area contributed by atoms with Crippen LogP contribution in [0.25, 0.3) is 0 Å². The van der Waals surface area contributed by atoms with Crippen LogP contribution in [-0.4, -0.2) is 91.2 Å². The highest BCUT2D eigenvalue weighted by molar-refractivity contribution is 5.94. The van der Waals surface area contributed by atoms with Gasteiger partial charge in [0.05, 0.1) is 19.1 Å². The normalized spacial score (nSPS) is 22.5. The van der Waals surface area contributed by atoms with Crippen molar-refractivity contribution in [3.8, 4) is 0 Å². The Balaban J connectivity index is 2.80. The number of ether oxygens (including phenoxy) is 7. The molecular weight excluding hydrogens is 574 g/mol. The Labute approximate surface area is 247 Å². The fourth-order valence-electron chi connectivity index (χ4n) is 4.41. The van der Waals surface area contributed by atoms with Crippen LogP contribution in [0.4, 0.5) is 0 Å². The number of benzene rings is 1. The van der Waals surface area contributed by atoms with Gasteiger partial charge in [0.2, 0.25) is 0 Å². The van der Waals surface area contributed by atoms with Gasteiger partial charge in [0.15, 0.2) is 12.2 Å². The summed E-state index contributed by atoms with van der Waals surface area (Å²) in [6, 6.07) is 6.40. The van der Waals surface area contributed by atoms with Crippen LogP contribution in [0, 0.1) is 0 Å². The highest BCUT2D eigenvalue weighted by atomic mass is 16.8. The summed E-state index contributed by atoms with van der Waals surface area (Å²) < 4.78 is 37.8. The van der Waals surface area contributed by atoms with E-state index in [4.69, 9.17) is 33.2 Å². The molecule has 0 saturated carbocycles. The van der Waals surface area contributed by atoms with Crippen molar-refractivity contribution >= 4 is 41.7 Å². The van der Waals surface area contributed by atoms with E-state index in [1.54, 1.807) is 18.2 Å². The zero-order chi connectivity index (χ0) is 32.3. The first-order chi connectivity index (χ1) is 20.2. The molecule has 15 nitrogen and oxygen atoms in total. The van der Waals surface area contributed by atoms with Crippen LogP contribution in [0.1, 0.15) is 58.3 Å². The highest BCUT2D eigenvalue weighted by Gasteiger charge is 2.60. The largest absolute Gasteiger partial charge is 0.462 e. The molecule has 2 rings (SSSR count). The molecular formula is C28H35NO14. The maximum absolute atomic E-state index is 13.3. The quantitative estimate of drug-likeness (QED) is 0.257. The smallest absolute Gasteiger partial charge is 0.379 e. The van der Waals surface area contributed by atoms with Gasteiger partial charge in [-0.15, -0.1) is 0 Å². The second kappa shape index (κ2) is 15.6. The molecule has 0 spiro atoms. The number of hydrogen-bond donors (Lipinski definition) is 1. The van der Waals surface area contributed by atoms with Crippen LogP contribution in [0.15, 0.2) is 30.3 Å². The molecule has 236 valence electrons. The second-order valence-electron chi connectivity index (χ2n) is 9.39. The molecule has 15 heteroatoms. The fourth-order valence-corrected chi connectivity index (χ4v) is 4.41. The summed E-state index contributed by atoms with van der Waals surface area (Å²) in [5.74, 6) is -8.94. The van der Waals surface area contributed by atoms with Crippen molar-refractivity contribution in [2.75, 3.05) is 13.2 Å². The lowest BCUT2D eigenvalue weighted by atomic mass is 9.87. The standard InChI is InChI=1S/C28H35NO14/c1-7-37-27(36)28(42-19(6)34)13-21(39-16(3)31)23(29-26(35)20-11-9-8-10-12-20)25(43-28)24(41-18(5)33)22(40-17(4)32)14-38-15(2)30/h8-12,21-25H,7,13-14H2,1-6H3,(H,29,35)/t21-,22+,23+,24+,25+,28?/m0/s1. The minimum atomic E-state index is -2.58. The average molecular weight is 610 g/mol. The Morgan fingerprint density at radius 2 is 1.49 bits per heavy atom. The van der Waals surface area contributed by atoms with Gasteiger partial charge in [0, 0.05) is 40.2 Å². The van der Waals surface area contributed by atoms with E-state index in [-0.39, 0.29) is 12.2 Å². The molecule has 6 atom stereocenters. The van der Waals surface area contributed by atoms with E-state index in [0.29, 0.717) is 0 Å². The van der Waals surface area contributed by atoms with Crippen molar-refractivity contribution in [1.29, 1.82) is 0 Å². The third kappa shape index (κ3) is 10.1. The molecule has 1 heterocycles. The summed E-state index contributed by atoms with van der Waals surface area (Å²) in [5.41, 5.74) is 0.172. The highest BCUT2D eigenvalue weighted by Crippen LogP contribution is 2.37. The lowest BCUT2D eigenvalue weighted by Crippen LogP contribution is -2.69. The van der Waals surface area contributed by atoms with E-state index in [1.165, 1.54) is 19.1 Å². The first kappa shape index (κ1) is 34.7. The number of rotatable bonds is 12.